The molecular formula is C14H14ClN3. The molecule has 0 saturated heterocycles. The zero-order valence-corrected chi connectivity index (χ0v) is 10.9. The molecule has 1 aromatic carbocycles. The molecule has 1 aliphatic carbocycles. The highest BCUT2D eigenvalue weighted by atomic mass is 35.5. The van der Waals surface area contributed by atoms with Crippen LogP contribution < -0.4 is 5.32 Å². The third kappa shape index (κ3) is 2.46. The molecule has 92 valence electrons. The van der Waals surface area contributed by atoms with E-state index in [2.05, 4.69) is 15.5 Å². The topological polar surface area (TPSA) is 37.8 Å². The molecule has 0 bridgehead atoms. The minimum absolute atomic E-state index is 0.599. The molecule has 0 unspecified atom stereocenters. The average molecular weight is 260 g/mol. The maximum absolute atomic E-state index is 5.95. The van der Waals surface area contributed by atoms with Crippen molar-refractivity contribution in [3.63, 3.8) is 0 Å². The summed E-state index contributed by atoms with van der Waals surface area (Å²) in [5.74, 6) is 0.855. The van der Waals surface area contributed by atoms with Crippen molar-refractivity contribution < 1.29 is 0 Å². The van der Waals surface area contributed by atoms with Gasteiger partial charge in [-0.3, -0.25) is 0 Å². The first kappa shape index (κ1) is 11.5. The van der Waals surface area contributed by atoms with Crippen LogP contribution in [0.15, 0.2) is 30.3 Å². The second-order valence-corrected chi connectivity index (χ2v) is 5.12. The van der Waals surface area contributed by atoms with E-state index in [4.69, 9.17) is 11.6 Å². The maximum atomic E-state index is 5.95. The van der Waals surface area contributed by atoms with Crippen molar-refractivity contribution in [3.8, 4) is 11.3 Å². The number of nitrogens with one attached hydrogen (secondary N) is 1. The quantitative estimate of drug-likeness (QED) is 0.914. The second-order valence-electron chi connectivity index (χ2n) is 4.68. The Hall–Kier alpha value is -1.61. The minimum atomic E-state index is 0.599. The fourth-order valence-corrected chi connectivity index (χ4v) is 2.13. The summed E-state index contributed by atoms with van der Waals surface area (Å²) in [5, 5.41) is 12.5. The molecule has 0 radical (unpaired) electrons. The first-order valence-electron chi connectivity index (χ1n) is 6.09. The van der Waals surface area contributed by atoms with Crippen LogP contribution in [0.25, 0.3) is 11.3 Å². The number of aryl methyl sites for hydroxylation is 1. The number of benzene rings is 1. The van der Waals surface area contributed by atoms with Gasteiger partial charge in [-0.1, -0.05) is 17.7 Å². The molecule has 0 spiro atoms. The molecule has 0 amide bonds. The van der Waals surface area contributed by atoms with Crippen LogP contribution in [0.3, 0.4) is 0 Å². The van der Waals surface area contributed by atoms with E-state index in [1.807, 2.05) is 37.3 Å². The highest BCUT2D eigenvalue weighted by Crippen LogP contribution is 2.26. The lowest BCUT2D eigenvalue weighted by atomic mass is 10.1. The van der Waals surface area contributed by atoms with Crippen LogP contribution in [0.1, 0.15) is 18.4 Å². The van der Waals surface area contributed by atoms with Crippen LogP contribution >= 0.6 is 11.6 Å². The summed E-state index contributed by atoms with van der Waals surface area (Å²) in [5.41, 5.74) is 3.06. The van der Waals surface area contributed by atoms with Gasteiger partial charge in [0, 0.05) is 16.6 Å². The Labute approximate surface area is 111 Å². The summed E-state index contributed by atoms with van der Waals surface area (Å²) in [6.07, 6.45) is 2.47. The zero-order chi connectivity index (χ0) is 12.5. The van der Waals surface area contributed by atoms with Gasteiger partial charge in [0.1, 0.15) is 5.82 Å². The fraction of sp³-hybridized carbons (Fsp3) is 0.286. The van der Waals surface area contributed by atoms with E-state index >= 15 is 0 Å². The lowest BCUT2D eigenvalue weighted by Crippen LogP contribution is -2.04. The molecule has 1 aliphatic rings. The average Bonchev–Trinajstić information content (AvgIpc) is 3.15. The van der Waals surface area contributed by atoms with Crippen molar-refractivity contribution in [1.82, 2.24) is 10.2 Å². The Morgan fingerprint density at radius 1 is 1.17 bits per heavy atom. The molecule has 3 rings (SSSR count). The van der Waals surface area contributed by atoms with Crippen LogP contribution in [-0.4, -0.2) is 16.2 Å². The second kappa shape index (κ2) is 4.58. The fourth-order valence-electron chi connectivity index (χ4n) is 1.90. The van der Waals surface area contributed by atoms with Crippen molar-refractivity contribution in [2.45, 2.75) is 25.8 Å². The first-order valence-corrected chi connectivity index (χ1v) is 6.47. The van der Waals surface area contributed by atoms with Crippen LogP contribution in [0.2, 0.25) is 5.02 Å². The largest absolute Gasteiger partial charge is 0.366 e. The van der Waals surface area contributed by atoms with Crippen molar-refractivity contribution in [1.29, 1.82) is 0 Å². The molecule has 4 heteroatoms. The van der Waals surface area contributed by atoms with Gasteiger partial charge >= 0.3 is 0 Å². The molecule has 1 saturated carbocycles. The minimum Gasteiger partial charge on any atom is -0.366 e. The van der Waals surface area contributed by atoms with Crippen molar-refractivity contribution in [3.05, 3.63) is 40.9 Å². The van der Waals surface area contributed by atoms with E-state index in [1.54, 1.807) is 0 Å². The van der Waals surface area contributed by atoms with Gasteiger partial charge in [-0.15, -0.1) is 10.2 Å². The summed E-state index contributed by atoms with van der Waals surface area (Å²) in [7, 11) is 0. The van der Waals surface area contributed by atoms with Crippen molar-refractivity contribution >= 4 is 17.4 Å². The highest BCUT2D eigenvalue weighted by Gasteiger charge is 2.21. The van der Waals surface area contributed by atoms with Crippen molar-refractivity contribution in [2.24, 2.45) is 0 Å². The standard InChI is InChI=1S/C14H14ClN3/c1-9-8-10(15)2-5-12(9)13-6-7-14(18-17-13)16-11-3-4-11/h2,5-8,11H,3-4H2,1H3,(H,16,18). The van der Waals surface area contributed by atoms with Crippen LogP contribution in [-0.2, 0) is 0 Å². The predicted molar refractivity (Wildman–Crippen MR) is 73.9 cm³/mol. The van der Waals surface area contributed by atoms with Gasteiger partial charge in [-0.2, -0.15) is 0 Å². The Morgan fingerprint density at radius 3 is 2.61 bits per heavy atom. The molecule has 1 aromatic heterocycles. The Kier molecular flexibility index (Phi) is 2.92. The molecule has 1 N–H and O–H groups in total. The number of hydrogen-bond donors (Lipinski definition) is 1. The molecule has 0 atom stereocenters. The van der Waals surface area contributed by atoms with E-state index in [0.29, 0.717) is 6.04 Å². The number of halogens is 1. The highest BCUT2D eigenvalue weighted by molar-refractivity contribution is 6.30. The van der Waals surface area contributed by atoms with Crippen LogP contribution in [0.4, 0.5) is 5.82 Å². The zero-order valence-electron chi connectivity index (χ0n) is 10.2. The molecular weight excluding hydrogens is 246 g/mol. The SMILES string of the molecule is Cc1cc(Cl)ccc1-c1ccc(NC2CC2)nn1. The van der Waals surface area contributed by atoms with Crippen LogP contribution in [0.5, 0.6) is 0 Å². The number of hydrogen-bond acceptors (Lipinski definition) is 3. The summed E-state index contributed by atoms with van der Waals surface area (Å²) in [6, 6.07) is 10.4. The van der Waals surface area contributed by atoms with Gasteiger partial charge in [0.05, 0.1) is 5.69 Å². The third-order valence-corrected chi connectivity index (χ3v) is 3.29. The van der Waals surface area contributed by atoms with E-state index in [1.165, 1.54) is 12.8 Å². The van der Waals surface area contributed by atoms with Gasteiger partial charge in [-0.05, 0) is 49.6 Å². The molecule has 18 heavy (non-hydrogen) atoms. The lowest BCUT2D eigenvalue weighted by Gasteiger charge is -2.06. The molecule has 1 heterocycles. The van der Waals surface area contributed by atoms with Gasteiger partial charge in [-0.25, -0.2) is 0 Å². The van der Waals surface area contributed by atoms with Gasteiger partial charge in [0.25, 0.3) is 0 Å². The Morgan fingerprint density at radius 2 is 2.00 bits per heavy atom. The van der Waals surface area contributed by atoms with E-state index in [9.17, 15) is 0 Å². The number of nitrogens with zero attached hydrogens (tertiary/aromatic N) is 2. The molecule has 0 aliphatic heterocycles. The Balaban J connectivity index is 1.86. The summed E-state index contributed by atoms with van der Waals surface area (Å²) in [6.45, 7) is 2.03. The number of aromatic nitrogens is 2. The smallest absolute Gasteiger partial charge is 0.148 e. The van der Waals surface area contributed by atoms with E-state index < -0.39 is 0 Å². The van der Waals surface area contributed by atoms with Gasteiger partial charge < -0.3 is 5.32 Å². The summed E-state index contributed by atoms with van der Waals surface area (Å²) >= 11 is 5.95. The summed E-state index contributed by atoms with van der Waals surface area (Å²) in [4.78, 5) is 0. The molecule has 1 fully saturated rings. The van der Waals surface area contributed by atoms with E-state index in [-0.39, 0.29) is 0 Å². The molecule has 3 nitrogen and oxygen atoms in total. The van der Waals surface area contributed by atoms with Crippen molar-refractivity contribution in [2.75, 3.05) is 5.32 Å². The number of anilines is 1. The van der Waals surface area contributed by atoms with Gasteiger partial charge in [0.15, 0.2) is 0 Å². The summed E-state index contributed by atoms with van der Waals surface area (Å²) < 4.78 is 0. The third-order valence-electron chi connectivity index (χ3n) is 3.06. The lowest BCUT2D eigenvalue weighted by molar-refractivity contribution is 1.00. The maximum Gasteiger partial charge on any atom is 0.148 e. The Bertz CT molecular complexity index is 562. The predicted octanol–water partition coefficient (Wildman–Crippen LogP) is 3.68. The van der Waals surface area contributed by atoms with E-state index in [0.717, 1.165) is 27.7 Å². The normalized spacial score (nSPS) is 14.6. The number of rotatable bonds is 3. The van der Waals surface area contributed by atoms with Gasteiger partial charge in [0.2, 0.25) is 0 Å². The molecule has 2 aromatic rings. The van der Waals surface area contributed by atoms with Crippen LogP contribution in [0, 0.1) is 6.92 Å². The monoisotopic (exact) mass is 259 g/mol. The first-order chi connectivity index (χ1) is 8.72.